The van der Waals surface area contributed by atoms with E-state index in [9.17, 15) is 4.79 Å². The Morgan fingerprint density at radius 1 is 0.800 bits per heavy atom. The summed E-state index contributed by atoms with van der Waals surface area (Å²) in [6.07, 6.45) is 10.5. The van der Waals surface area contributed by atoms with Crippen molar-refractivity contribution in [2.75, 3.05) is 13.1 Å². The van der Waals surface area contributed by atoms with Crippen molar-refractivity contribution in [3.63, 3.8) is 0 Å². The molecule has 0 aliphatic heterocycles. The van der Waals surface area contributed by atoms with Crippen LogP contribution in [0.5, 0.6) is 0 Å². The molecule has 5 nitrogen and oxygen atoms in total. The number of urea groups is 1. The van der Waals surface area contributed by atoms with Gasteiger partial charge < -0.3 is 10.6 Å². The molecule has 0 aromatic carbocycles. The molecule has 20 heavy (non-hydrogen) atoms. The van der Waals surface area contributed by atoms with E-state index < -0.39 is 0 Å². The molecule has 0 fully saturated rings. The van der Waals surface area contributed by atoms with Gasteiger partial charge in [-0.15, -0.1) is 0 Å². The molecule has 2 amide bonds. The van der Waals surface area contributed by atoms with Gasteiger partial charge in [0.25, 0.3) is 0 Å². The van der Waals surface area contributed by atoms with E-state index in [2.05, 4.69) is 29.8 Å². The first-order valence-corrected chi connectivity index (χ1v) is 8.08. The number of amides is 2. The fourth-order valence-corrected chi connectivity index (χ4v) is 1.90. The summed E-state index contributed by atoms with van der Waals surface area (Å²) in [6, 6.07) is -0.287. The molecule has 0 aromatic heterocycles. The van der Waals surface area contributed by atoms with Gasteiger partial charge in [0.1, 0.15) is 0 Å². The number of carbonyl (C=O) groups excluding carboxylic acids is 1. The van der Waals surface area contributed by atoms with Crippen LogP contribution in [-0.2, 0) is 0 Å². The zero-order valence-electron chi connectivity index (χ0n) is 13.2. The summed E-state index contributed by atoms with van der Waals surface area (Å²) in [7, 11) is 0. The van der Waals surface area contributed by atoms with Gasteiger partial charge in [-0.05, 0) is 12.8 Å². The Labute approximate surface area is 123 Å². The SMILES string of the molecule is CCCCCCCNC(=N)NC(=O)NCCCCCC. The van der Waals surface area contributed by atoms with Crippen LogP contribution >= 0.6 is 0 Å². The van der Waals surface area contributed by atoms with Crippen LogP contribution in [-0.4, -0.2) is 25.1 Å². The number of guanidine groups is 1. The molecule has 0 spiro atoms. The Morgan fingerprint density at radius 2 is 1.30 bits per heavy atom. The van der Waals surface area contributed by atoms with Crippen LogP contribution in [0.1, 0.15) is 71.6 Å². The number of nitrogens with one attached hydrogen (secondary N) is 4. The lowest BCUT2D eigenvalue weighted by atomic mass is 10.1. The van der Waals surface area contributed by atoms with Crippen LogP contribution in [0.3, 0.4) is 0 Å². The summed E-state index contributed by atoms with van der Waals surface area (Å²) < 4.78 is 0. The molecule has 0 unspecified atom stereocenters. The first kappa shape index (κ1) is 18.7. The topological polar surface area (TPSA) is 77.0 Å². The molecular weight excluding hydrogens is 252 g/mol. The average molecular weight is 284 g/mol. The number of hydrogen-bond donors (Lipinski definition) is 4. The van der Waals surface area contributed by atoms with Crippen LogP contribution < -0.4 is 16.0 Å². The number of rotatable bonds is 11. The molecule has 5 heteroatoms. The molecule has 0 atom stereocenters. The van der Waals surface area contributed by atoms with E-state index in [1.54, 1.807) is 0 Å². The average Bonchev–Trinajstić information content (AvgIpc) is 2.42. The Hall–Kier alpha value is -1.26. The standard InChI is InChI=1S/C15H32N4O/c1-3-5-7-9-11-12-17-14(16)19-15(20)18-13-10-8-6-4-2/h3-13H2,1-2H3,(H4,16,17,18,19,20). The van der Waals surface area contributed by atoms with Gasteiger partial charge in [-0.3, -0.25) is 10.7 Å². The minimum absolute atomic E-state index is 0.0894. The molecule has 0 saturated heterocycles. The highest BCUT2D eigenvalue weighted by Gasteiger charge is 2.02. The normalized spacial score (nSPS) is 10.1. The third-order valence-corrected chi connectivity index (χ3v) is 3.14. The van der Waals surface area contributed by atoms with Gasteiger partial charge in [0.05, 0.1) is 0 Å². The molecule has 0 aliphatic rings. The molecule has 0 heterocycles. The van der Waals surface area contributed by atoms with Crippen molar-refractivity contribution in [2.24, 2.45) is 0 Å². The van der Waals surface area contributed by atoms with Gasteiger partial charge in [0, 0.05) is 13.1 Å². The van der Waals surface area contributed by atoms with Crippen LogP contribution in [0.2, 0.25) is 0 Å². The summed E-state index contributed by atoms with van der Waals surface area (Å²) in [5.41, 5.74) is 0. The van der Waals surface area contributed by atoms with Gasteiger partial charge in [0.2, 0.25) is 0 Å². The molecule has 0 aromatic rings. The zero-order chi connectivity index (χ0) is 15.1. The van der Waals surface area contributed by atoms with Gasteiger partial charge in [-0.1, -0.05) is 58.8 Å². The summed E-state index contributed by atoms with van der Waals surface area (Å²) in [5.74, 6) is 0.0894. The third-order valence-electron chi connectivity index (χ3n) is 3.14. The molecule has 4 N–H and O–H groups in total. The van der Waals surface area contributed by atoms with E-state index >= 15 is 0 Å². The minimum Gasteiger partial charge on any atom is -0.356 e. The molecular formula is C15H32N4O. The fourth-order valence-electron chi connectivity index (χ4n) is 1.90. The first-order chi connectivity index (χ1) is 9.70. The van der Waals surface area contributed by atoms with Crippen LogP contribution in [0.15, 0.2) is 0 Å². The lowest BCUT2D eigenvalue weighted by Gasteiger charge is -2.10. The van der Waals surface area contributed by atoms with Gasteiger partial charge in [-0.25, -0.2) is 4.79 Å². The summed E-state index contributed by atoms with van der Waals surface area (Å²) in [5, 5.41) is 15.8. The predicted octanol–water partition coefficient (Wildman–Crippen LogP) is 3.36. The van der Waals surface area contributed by atoms with Gasteiger partial charge in [0.15, 0.2) is 5.96 Å². The summed E-state index contributed by atoms with van der Waals surface area (Å²) >= 11 is 0. The smallest absolute Gasteiger partial charge is 0.321 e. The fraction of sp³-hybridized carbons (Fsp3) is 0.867. The quantitative estimate of drug-likeness (QED) is 0.267. The Morgan fingerprint density at radius 3 is 1.90 bits per heavy atom. The molecule has 0 radical (unpaired) electrons. The van der Waals surface area contributed by atoms with Crippen molar-refractivity contribution < 1.29 is 4.79 Å². The second-order valence-corrected chi connectivity index (χ2v) is 5.16. The van der Waals surface area contributed by atoms with Crippen molar-refractivity contribution >= 4 is 12.0 Å². The summed E-state index contributed by atoms with van der Waals surface area (Å²) in [6.45, 7) is 5.78. The molecule has 0 rings (SSSR count). The highest BCUT2D eigenvalue weighted by molar-refractivity contribution is 5.94. The molecule has 118 valence electrons. The van der Waals surface area contributed by atoms with Crippen LogP contribution in [0, 0.1) is 5.41 Å². The van der Waals surface area contributed by atoms with E-state index in [1.807, 2.05) is 0 Å². The summed E-state index contributed by atoms with van der Waals surface area (Å²) in [4.78, 5) is 11.5. The van der Waals surface area contributed by atoms with E-state index in [0.717, 1.165) is 25.8 Å². The Balaban J connectivity index is 3.38. The van der Waals surface area contributed by atoms with Crippen molar-refractivity contribution in [1.82, 2.24) is 16.0 Å². The maximum absolute atomic E-state index is 11.5. The Kier molecular flexibility index (Phi) is 13.3. The lowest BCUT2D eigenvalue weighted by Crippen LogP contribution is -2.45. The minimum atomic E-state index is -0.287. The van der Waals surface area contributed by atoms with Crippen molar-refractivity contribution in [3.8, 4) is 0 Å². The largest absolute Gasteiger partial charge is 0.356 e. The maximum Gasteiger partial charge on any atom is 0.321 e. The van der Waals surface area contributed by atoms with Crippen molar-refractivity contribution in [1.29, 1.82) is 5.41 Å². The lowest BCUT2D eigenvalue weighted by molar-refractivity contribution is 0.244. The highest BCUT2D eigenvalue weighted by atomic mass is 16.2. The molecule has 0 aliphatic carbocycles. The van der Waals surface area contributed by atoms with E-state index in [-0.39, 0.29) is 12.0 Å². The number of unbranched alkanes of at least 4 members (excludes halogenated alkanes) is 7. The predicted molar refractivity (Wildman–Crippen MR) is 85.2 cm³/mol. The van der Waals surface area contributed by atoms with Crippen LogP contribution in [0.25, 0.3) is 0 Å². The maximum atomic E-state index is 11.5. The number of carbonyl (C=O) groups is 1. The van der Waals surface area contributed by atoms with Crippen molar-refractivity contribution in [3.05, 3.63) is 0 Å². The van der Waals surface area contributed by atoms with Crippen LogP contribution in [0.4, 0.5) is 4.79 Å². The second kappa shape index (κ2) is 14.2. The van der Waals surface area contributed by atoms with Gasteiger partial charge >= 0.3 is 6.03 Å². The number of hydrogen-bond acceptors (Lipinski definition) is 2. The monoisotopic (exact) mass is 284 g/mol. The first-order valence-electron chi connectivity index (χ1n) is 8.08. The molecule has 0 bridgehead atoms. The van der Waals surface area contributed by atoms with E-state index in [0.29, 0.717) is 6.54 Å². The van der Waals surface area contributed by atoms with E-state index in [4.69, 9.17) is 5.41 Å². The van der Waals surface area contributed by atoms with Gasteiger partial charge in [-0.2, -0.15) is 0 Å². The molecule has 0 saturated carbocycles. The van der Waals surface area contributed by atoms with E-state index in [1.165, 1.54) is 38.5 Å². The highest BCUT2D eigenvalue weighted by Crippen LogP contribution is 2.00. The Bertz CT molecular complexity index is 256. The second-order valence-electron chi connectivity index (χ2n) is 5.16. The zero-order valence-corrected chi connectivity index (χ0v) is 13.2. The van der Waals surface area contributed by atoms with Crippen molar-refractivity contribution in [2.45, 2.75) is 71.6 Å². The third kappa shape index (κ3) is 13.2.